The van der Waals surface area contributed by atoms with E-state index in [2.05, 4.69) is 0 Å². The first-order valence-electron chi connectivity index (χ1n) is 8.84. The van der Waals surface area contributed by atoms with E-state index < -0.39 is 6.10 Å². The lowest BCUT2D eigenvalue weighted by molar-refractivity contribution is -0.139. The van der Waals surface area contributed by atoms with Gasteiger partial charge in [-0.2, -0.15) is 0 Å². The number of ether oxygens (including phenoxy) is 1. The van der Waals surface area contributed by atoms with Crippen LogP contribution in [0.5, 0.6) is 11.5 Å². The van der Waals surface area contributed by atoms with Crippen LogP contribution in [0.4, 0.5) is 0 Å². The maximum Gasteiger partial charge on any atom is 0.263 e. The topological polar surface area (TPSA) is 70.1 Å². The van der Waals surface area contributed by atoms with Crippen molar-refractivity contribution in [3.63, 3.8) is 0 Å². The monoisotopic (exact) mass is 422 g/mol. The van der Waals surface area contributed by atoms with Crippen molar-refractivity contribution >= 4 is 35.0 Å². The molecule has 2 aromatic carbocycles. The fraction of sp³-hybridized carbons (Fsp3) is 0.300. The molecule has 2 aromatic rings. The second kappa shape index (κ2) is 8.71. The van der Waals surface area contributed by atoms with E-state index in [4.69, 9.17) is 27.9 Å². The first-order valence-corrected chi connectivity index (χ1v) is 9.59. The Morgan fingerprint density at radius 2 is 1.61 bits per heavy atom. The Balaban J connectivity index is 1.56. The van der Waals surface area contributed by atoms with Crippen molar-refractivity contribution in [2.24, 2.45) is 0 Å². The van der Waals surface area contributed by atoms with Crippen LogP contribution in [0.3, 0.4) is 0 Å². The molecule has 0 bridgehead atoms. The van der Waals surface area contributed by atoms with E-state index in [1.807, 2.05) is 0 Å². The molecule has 1 fully saturated rings. The summed E-state index contributed by atoms with van der Waals surface area (Å²) >= 11 is 12.1. The largest absolute Gasteiger partial charge is 0.508 e. The summed E-state index contributed by atoms with van der Waals surface area (Å²) < 4.78 is 5.64. The van der Waals surface area contributed by atoms with Crippen LogP contribution in [0.1, 0.15) is 17.3 Å². The Kier molecular flexibility index (Phi) is 6.31. The van der Waals surface area contributed by atoms with Gasteiger partial charge in [-0.15, -0.1) is 0 Å². The van der Waals surface area contributed by atoms with Gasteiger partial charge in [0.25, 0.3) is 11.8 Å². The Bertz CT molecular complexity index is 865. The molecule has 1 atom stereocenters. The molecule has 2 amide bonds. The van der Waals surface area contributed by atoms with Crippen LogP contribution >= 0.6 is 23.2 Å². The van der Waals surface area contributed by atoms with Crippen molar-refractivity contribution in [2.75, 3.05) is 26.2 Å². The lowest BCUT2D eigenvalue weighted by Gasteiger charge is -2.36. The molecule has 0 spiro atoms. The van der Waals surface area contributed by atoms with Gasteiger partial charge in [0.05, 0.1) is 10.6 Å². The smallest absolute Gasteiger partial charge is 0.263 e. The van der Waals surface area contributed by atoms with Crippen LogP contribution in [0.2, 0.25) is 10.0 Å². The van der Waals surface area contributed by atoms with Crippen LogP contribution in [0.15, 0.2) is 42.5 Å². The number of hydrogen-bond donors (Lipinski definition) is 1. The molecule has 1 heterocycles. The first-order chi connectivity index (χ1) is 13.3. The third-order valence-electron chi connectivity index (χ3n) is 4.53. The van der Waals surface area contributed by atoms with Crippen molar-refractivity contribution in [3.8, 4) is 11.5 Å². The van der Waals surface area contributed by atoms with Crippen molar-refractivity contribution in [1.82, 2.24) is 9.80 Å². The molecule has 0 radical (unpaired) electrons. The van der Waals surface area contributed by atoms with Gasteiger partial charge in [-0.3, -0.25) is 9.59 Å². The summed E-state index contributed by atoms with van der Waals surface area (Å²) in [5.41, 5.74) is 0.359. The zero-order valence-corrected chi connectivity index (χ0v) is 16.8. The van der Waals surface area contributed by atoms with Crippen molar-refractivity contribution < 1.29 is 19.4 Å². The van der Waals surface area contributed by atoms with E-state index >= 15 is 0 Å². The van der Waals surface area contributed by atoms with Gasteiger partial charge in [0.1, 0.15) is 11.5 Å². The second-order valence-corrected chi connectivity index (χ2v) is 7.34. The molecule has 1 N–H and O–H groups in total. The van der Waals surface area contributed by atoms with Gasteiger partial charge in [-0.1, -0.05) is 23.2 Å². The molecule has 28 heavy (non-hydrogen) atoms. The second-order valence-electron chi connectivity index (χ2n) is 6.50. The minimum Gasteiger partial charge on any atom is -0.508 e. The summed E-state index contributed by atoms with van der Waals surface area (Å²) in [4.78, 5) is 28.6. The highest BCUT2D eigenvalue weighted by molar-refractivity contribution is 6.35. The summed E-state index contributed by atoms with van der Waals surface area (Å²) in [5.74, 6) is 0.281. The molecule has 0 aromatic heterocycles. The van der Waals surface area contributed by atoms with Crippen molar-refractivity contribution in [1.29, 1.82) is 0 Å². The first kappa shape index (κ1) is 20.3. The standard InChI is InChI=1S/C20H20Cl2N2O4/c1-13(28-16-5-3-15(25)4-6-16)19(26)23-8-10-24(11-9-23)20(27)17-12-14(21)2-7-18(17)22/h2-7,12-13,25H,8-11H2,1H3. The normalized spacial score (nSPS) is 15.2. The molecule has 1 aliphatic rings. The van der Waals surface area contributed by atoms with Gasteiger partial charge in [0, 0.05) is 31.2 Å². The number of aromatic hydroxyl groups is 1. The molecular weight excluding hydrogens is 403 g/mol. The summed E-state index contributed by atoms with van der Waals surface area (Å²) in [6.45, 7) is 3.30. The average molecular weight is 423 g/mol. The zero-order chi connectivity index (χ0) is 20.3. The molecule has 0 saturated carbocycles. The molecule has 1 aliphatic heterocycles. The molecule has 1 unspecified atom stereocenters. The van der Waals surface area contributed by atoms with E-state index in [0.29, 0.717) is 47.5 Å². The number of phenolic OH excluding ortho intramolecular Hbond substituents is 1. The maximum absolute atomic E-state index is 12.7. The number of amides is 2. The lowest BCUT2D eigenvalue weighted by Crippen LogP contribution is -2.53. The molecule has 6 nitrogen and oxygen atoms in total. The van der Waals surface area contributed by atoms with E-state index in [1.54, 1.807) is 47.1 Å². The SMILES string of the molecule is CC(Oc1ccc(O)cc1)C(=O)N1CCN(C(=O)c2cc(Cl)ccc2Cl)CC1. The molecule has 148 valence electrons. The third-order valence-corrected chi connectivity index (χ3v) is 5.10. The predicted octanol–water partition coefficient (Wildman–Crippen LogP) is 3.45. The van der Waals surface area contributed by atoms with Gasteiger partial charge in [0.15, 0.2) is 6.10 Å². The van der Waals surface area contributed by atoms with E-state index in [-0.39, 0.29) is 17.6 Å². The van der Waals surface area contributed by atoms with Crippen LogP contribution in [0, 0.1) is 0 Å². The van der Waals surface area contributed by atoms with Gasteiger partial charge in [-0.05, 0) is 49.4 Å². The molecule has 1 saturated heterocycles. The summed E-state index contributed by atoms with van der Waals surface area (Å²) in [5, 5.41) is 10.1. The van der Waals surface area contributed by atoms with Crippen LogP contribution in [-0.4, -0.2) is 59.0 Å². The summed E-state index contributed by atoms with van der Waals surface area (Å²) in [6, 6.07) is 11.0. The Hall–Kier alpha value is -2.44. The maximum atomic E-state index is 12.7. The number of benzene rings is 2. The van der Waals surface area contributed by atoms with Crippen LogP contribution < -0.4 is 4.74 Å². The predicted molar refractivity (Wildman–Crippen MR) is 107 cm³/mol. The van der Waals surface area contributed by atoms with E-state index in [1.165, 1.54) is 12.1 Å². The number of rotatable bonds is 4. The minimum atomic E-state index is -0.672. The molecule has 3 rings (SSSR count). The number of carbonyl (C=O) groups excluding carboxylic acids is 2. The number of hydrogen-bond acceptors (Lipinski definition) is 4. The fourth-order valence-electron chi connectivity index (χ4n) is 3.00. The highest BCUT2D eigenvalue weighted by atomic mass is 35.5. The van der Waals surface area contributed by atoms with E-state index in [9.17, 15) is 14.7 Å². The summed E-state index contributed by atoms with van der Waals surface area (Å²) in [6.07, 6.45) is -0.672. The number of nitrogens with zero attached hydrogens (tertiary/aromatic N) is 2. The van der Waals surface area contributed by atoms with Crippen LogP contribution in [-0.2, 0) is 4.79 Å². The molecular formula is C20H20Cl2N2O4. The van der Waals surface area contributed by atoms with Crippen molar-refractivity contribution in [2.45, 2.75) is 13.0 Å². The highest BCUT2D eigenvalue weighted by Gasteiger charge is 2.29. The van der Waals surface area contributed by atoms with Crippen LogP contribution in [0.25, 0.3) is 0 Å². The van der Waals surface area contributed by atoms with Gasteiger partial charge >= 0.3 is 0 Å². The molecule has 0 aliphatic carbocycles. The number of carbonyl (C=O) groups is 2. The molecule has 8 heteroatoms. The van der Waals surface area contributed by atoms with Gasteiger partial charge < -0.3 is 19.6 Å². The average Bonchev–Trinajstić information content (AvgIpc) is 2.70. The Morgan fingerprint density at radius 3 is 2.25 bits per heavy atom. The Morgan fingerprint density at radius 1 is 1.00 bits per heavy atom. The number of piperazine rings is 1. The lowest BCUT2D eigenvalue weighted by atomic mass is 10.1. The van der Waals surface area contributed by atoms with Gasteiger partial charge in [0.2, 0.25) is 0 Å². The number of phenols is 1. The van der Waals surface area contributed by atoms with Gasteiger partial charge in [-0.25, -0.2) is 0 Å². The fourth-order valence-corrected chi connectivity index (χ4v) is 3.37. The minimum absolute atomic E-state index is 0.131. The quantitative estimate of drug-likeness (QED) is 0.818. The summed E-state index contributed by atoms with van der Waals surface area (Å²) in [7, 11) is 0. The third kappa shape index (κ3) is 4.69. The Labute approximate surface area is 173 Å². The van der Waals surface area contributed by atoms with Crippen molar-refractivity contribution in [3.05, 3.63) is 58.1 Å². The highest BCUT2D eigenvalue weighted by Crippen LogP contribution is 2.23. The zero-order valence-electron chi connectivity index (χ0n) is 15.3. The number of halogens is 2. The van der Waals surface area contributed by atoms with E-state index in [0.717, 1.165) is 0 Å².